The van der Waals surface area contributed by atoms with Crippen LogP contribution < -0.4 is 10.6 Å². The molecule has 1 heterocycles. The first-order valence-electron chi connectivity index (χ1n) is 6.19. The largest absolute Gasteiger partial charge is 0.347 e. The fraction of sp³-hybridized carbons (Fsp3) is 0.500. The monoisotopic (exact) mass is 232 g/mol. The van der Waals surface area contributed by atoms with Crippen molar-refractivity contribution in [2.24, 2.45) is 0 Å². The molecule has 0 aliphatic carbocycles. The molecule has 0 spiro atoms. The Morgan fingerprint density at radius 2 is 1.82 bits per heavy atom. The average molecular weight is 232 g/mol. The van der Waals surface area contributed by atoms with Crippen molar-refractivity contribution in [3.8, 4) is 0 Å². The molecule has 2 rings (SSSR count). The second-order valence-electron chi connectivity index (χ2n) is 5.13. The molecule has 0 saturated carbocycles. The van der Waals surface area contributed by atoms with E-state index in [1.54, 1.807) is 0 Å². The summed E-state index contributed by atoms with van der Waals surface area (Å²) in [5.74, 6) is 0.0365. The zero-order valence-electron chi connectivity index (χ0n) is 10.5. The number of hydrogen-bond donors (Lipinski definition) is 2. The topological polar surface area (TPSA) is 41.1 Å². The van der Waals surface area contributed by atoms with Crippen LogP contribution in [-0.2, 0) is 0 Å². The van der Waals surface area contributed by atoms with Crippen molar-refractivity contribution >= 4 is 5.91 Å². The predicted molar refractivity (Wildman–Crippen MR) is 69.2 cm³/mol. The number of benzene rings is 1. The third kappa shape index (κ3) is 3.07. The molecule has 92 valence electrons. The number of rotatable bonds is 2. The Balaban J connectivity index is 2.03. The van der Waals surface area contributed by atoms with Crippen molar-refractivity contribution in [1.29, 1.82) is 0 Å². The number of amides is 1. The Morgan fingerprint density at radius 3 is 2.41 bits per heavy atom. The highest BCUT2D eigenvalue weighted by Gasteiger charge is 2.28. The van der Waals surface area contributed by atoms with E-state index in [9.17, 15) is 4.79 Å². The molecule has 1 amide bonds. The summed E-state index contributed by atoms with van der Waals surface area (Å²) >= 11 is 0. The van der Waals surface area contributed by atoms with Gasteiger partial charge in [0.1, 0.15) is 0 Å². The summed E-state index contributed by atoms with van der Waals surface area (Å²) in [6.45, 7) is 6.10. The summed E-state index contributed by atoms with van der Waals surface area (Å²) in [5.41, 5.74) is 1.86. The molecule has 3 nitrogen and oxygen atoms in total. The maximum atomic E-state index is 12.1. The first-order valence-corrected chi connectivity index (χ1v) is 6.19. The van der Waals surface area contributed by atoms with E-state index in [-0.39, 0.29) is 11.4 Å². The van der Waals surface area contributed by atoms with Crippen LogP contribution >= 0.6 is 0 Å². The maximum Gasteiger partial charge on any atom is 0.251 e. The van der Waals surface area contributed by atoms with E-state index < -0.39 is 0 Å². The minimum Gasteiger partial charge on any atom is -0.347 e. The molecular formula is C14H20N2O. The second-order valence-corrected chi connectivity index (χ2v) is 5.13. The van der Waals surface area contributed by atoms with Gasteiger partial charge in [0.2, 0.25) is 0 Å². The molecular weight excluding hydrogens is 212 g/mol. The van der Waals surface area contributed by atoms with Crippen LogP contribution in [0.4, 0.5) is 0 Å². The molecule has 17 heavy (non-hydrogen) atoms. The summed E-state index contributed by atoms with van der Waals surface area (Å²) in [4.78, 5) is 12.1. The van der Waals surface area contributed by atoms with Crippen molar-refractivity contribution < 1.29 is 4.79 Å². The highest BCUT2D eigenvalue weighted by atomic mass is 16.1. The molecule has 1 aromatic rings. The Morgan fingerprint density at radius 1 is 1.24 bits per heavy atom. The van der Waals surface area contributed by atoms with Gasteiger partial charge in [0.05, 0.1) is 0 Å². The van der Waals surface area contributed by atoms with Crippen molar-refractivity contribution in [2.45, 2.75) is 32.2 Å². The average Bonchev–Trinajstić information content (AvgIpc) is 2.30. The van der Waals surface area contributed by atoms with Gasteiger partial charge in [0, 0.05) is 11.1 Å². The number of carbonyl (C=O) groups excluding carboxylic acids is 1. The van der Waals surface area contributed by atoms with Crippen LogP contribution in [0.3, 0.4) is 0 Å². The van der Waals surface area contributed by atoms with Crippen LogP contribution in [0.25, 0.3) is 0 Å². The van der Waals surface area contributed by atoms with Gasteiger partial charge in [0.25, 0.3) is 5.91 Å². The Kier molecular flexibility index (Phi) is 3.48. The van der Waals surface area contributed by atoms with Gasteiger partial charge in [0.15, 0.2) is 0 Å². The van der Waals surface area contributed by atoms with E-state index >= 15 is 0 Å². The highest BCUT2D eigenvalue weighted by molar-refractivity contribution is 5.94. The first-order chi connectivity index (χ1) is 8.09. The van der Waals surface area contributed by atoms with Crippen LogP contribution in [0.2, 0.25) is 0 Å². The molecule has 0 aromatic heterocycles. The van der Waals surface area contributed by atoms with Gasteiger partial charge in [-0.25, -0.2) is 0 Å². The lowest BCUT2D eigenvalue weighted by Gasteiger charge is -2.35. The van der Waals surface area contributed by atoms with Gasteiger partial charge in [-0.3, -0.25) is 4.79 Å². The Hall–Kier alpha value is -1.35. The van der Waals surface area contributed by atoms with Gasteiger partial charge in [-0.2, -0.15) is 0 Å². The van der Waals surface area contributed by atoms with E-state index in [0.29, 0.717) is 0 Å². The fourth-order valence-electron chi connectivity index (χ4n) is 2.15. The molecule has 1 aliphatic heterocycles. The van der Waals surface area contributed by atoms with Crippen molar-refractivity contribution in [2.75, 3.05) is 13.1 Å². The molecule has 2 N–H and O–H groups in total. The summed E-state index contributed by atoms with van der Waals surface area (Å²) < 4.78 is 0. The summed E-state index contributed by atoms with van der Waals surface area (Å²) in [6, 6.07) is 7.71. The molecule has 1 saturated heterocycles. The van der Waals surface area contributed by atoms with Crippen LogP contribution in [0.15, 0.2) is 24.3 Å². The molecule has 0 unspecified atom stereocenters. The number of carbonyl (C=O) groups is 1. The molecule has 1 fully saturated rings. The number of piperidine rings is 1. The minimum atomic E-state index is -0.0623. The lowest BCUT2D eigenvalue weighted by atomic mass is 9.90. The van der Waals surface area contributed by atoms with E-state index in [0.717, 1.165) is 31.5 Å². The van der Waals surface area contributed by atoms with E-state index in [1.807, 2.05) is 31.2 Å². The Labute approximate surface area is 103 Å². The predicted octanol–water partition coefficient (Wildman–Crippen LogP) is 1.87. The van der Waals surface area contributed by atoms with Crippen molar-refractivity contribution in [3.63, 3.8) is 0 Å². The van der Waals surface area contributed by atoms with Crippen LogP contribution in [0.1, 0.15) is 35.7 Å². The fourth-order valence-corrected chi connectivity index (χ4v) is 2.15. The van der Waals surface area contributed by atoms with E-state index in [1.165, 1.54) is 5.56 Å². The zero-order valence-corrected chi connectivity index (χ0v) is 10.5. The van der Waals surface area contributed by atoms with Crippen molar-refractivity contribution in [3.05, 3.63) is 35.4 Å². The normalized spacial score (nSPS) is 18.7. The van der Waals surface area contributed by atoms with Crippen LogP contribution in [0, 0.1) is 6.92 Å². The SMILES string of the molecule is Cc1ccc(C(=O)NC2(C)CCNCC2)cc1. The van der Waals surface area contributed by atoms with Gasteiger partial charge in [-0.15, -0.1) is 0 Å². The van der Waals surface area contributed by atoms with Gasteiger partial charge >= 0.3 is 0 Å². The van der Waals surface area contributed by atoms with Crippen molar-refractivity contribution in [1.82, 2.24) is 10.6 Å². The van der Waals surface area contributed by atoms with E-state index in [4.69, 9.17) is 0 Å². The van der Waals surface area contributed by atoms with Gasteiger partial charge in [-0.1, -0.05) is 17.7 Å². The lowest BCUT2D eigenvalue weighted by molar-refractivity contribution is 0.0887. The highest BCUT2D eigenvalue weighted by Crippen LogP contribution is 2.18. The zero-order chi connectivity index (χ0) is 12.3. The summed E-state index contributed by atoms with van der Waals surface area (Å²) in [5, 5.41) is 6.46. The van der Waals surface area contributed by atoms with Gasteiger partial charge in [-0.05, 0) is 51.9 Å². The smallest absolute Gasteiger partial charge is 0.251 e. The summed E-state index contributed by atoms with van der Waals surface area (Å²) in [7, 11) is 0. The van der Waals surface area contributed by atoms with Gasteiger partial charge < -0.3 is 10.6 Å². The molecule has 0 bridgehead atoms. The first kappa shape index (κ1) is 12.1. The lowest BCUT2D eigenvalue weighted by Crippen LogP contribution is -2.52. The molecule has 3 heteroatoms. The maximum absolute atomic E-state index is 12.1. The standard InChI is InChI=1S/C14H20N2O/c1-11-3-5-12(6-4-11)13(17)16-14(2)7-9-15-10-8-14/h3-6,15H,7-10H2,1-2H3,(H,16,17). The van der Waals surface area contributed by atoms with E-state index in [2.05, 4.69) is 17.6 Å². The van der Waals surface area contributed by atoms with Crippen LogP contribution in [-0.4, -0.2) is 24.5 Å². The number of nitrogens with one attached hydrogen (secondary N) is 2. The second kappa shape index (κ2) is 4.88. The Bertz CT molecular complexity index is 391. The third-order valence-electron chi connectivity index (χ3n) is 3.44. The quantitative estimate of drug-likeness (QED) is 0.817. The summed E-state index contributed by atoms with van der Waals surface area (Å²) in [6.07, 6.45) is 1.98. The molecule has 1 aromatic carbocycles. The number of aryl methyl sites for hydroxylation is 1. The number of hydrogen-bond acceptors (Lipinski definition) is 2. The molecule has 1 aliphatic rings. The molecule has 0 atom stereocenters. The minimum absolute atomic E-state index is 0.0365. The molecule has 0 radical (unpaired) electrons. The third-order valence-corrected chi connectivity index (χ3v) is 3.44. The van der Waals surface area contributed by atoms with Crippen LogP contribution in [0.5, 0.6) is 0 Å².